The monoisotopic (exact) mass is 389 g/mol. The van der Waals surface area contributed by atoms with Crippen LogP contribution >= 0.6 is 0 Å². The van der Waals surface area contributed by atoms with E-state index in [4.69, 9.17) is 0 Å². The molecule has 0 atom stereocenters. The molecule has 5 nitrogen and oxygen atoms in total. The summed E-state index contributed by atoms with van der Waals surface area (Å²) >= 11 is 0. The molecular formula is C24H27N3O2. The van der Waals surface area contributed by atoms with Gasteiger partial charge in [0, 0.05) is 37.6 Å². The van der Waals surface area contributed by atoms with Crippen molar-refractivity contribution in [3.8, 4) is 5.69 Å². The van der Waals surface area contributed by atoms with Crippen LogP contribution in [0, 0.1) is 20.8 Å². The van der Waals surface area contributed by atoms with E-state index in [1.54, 1.807) is 31.1 Å². The average molecular weight is 389 g/mol. The Morgan fingerprint density at radius 3 is 2.14 bits per heavy atom. The van der Waals surface area contributed by atoms with Crippen LogP contribution in [0.1, 0.15) is 43.2 Å². The summed E-state index contributed by atoms with van der Waals surface area (Å²) in [4.78, 5) is 26.7. The Morgan fingerprint density at radius 1 is 0.931 bits per heavy atom. The Bertz CT molecular complexity index is 1030. The molecule has 1 heterocycles. The normalized spacial score (nSPS) is 10.7. The summed E-state index contributed by atoms with van der Waals surface area (Å²) in [6, 6.07) is 17.4. The second-order valence-corrected chi connectivity index (χ2v) is 7.41. The highest BCUT2D eigenvalue weighted by Gasteiger charge is 2.19. The Balaban J connectivity index is 1.88. The highest BCUT2D eigenvalue weighted by atomic mass is 16.2. The van der Waals surface area contributed by atoms with Crippen LogP contribution in [0.3, 0.4) is 0 Å². The lowest BCUT2D eigenvalue weighted by molar-refractivity contribution is 0.0784. The van der Waals surface area contributed by atoms with E-state index in [9.17, 15) is 9.59 Å². The van der Waals surface area contributed by atoms with Crippen LogP contribution in [0.25, 0.3) is 5.69 Å². The largest absolute Gasteiger partial charge is 0.355 e. The smallest absolute Gasteiger partial charge is 0.256 e. The molecule has 2 amide bonds. The van der Waals surface area contributed by atoms with E-state index in [0.29, 0.717) is 17.7 Å². The first kappa shape index (κ1) is 20.4. The number of amides is 2. The molecule has 29 heavy (non-hydrogen) atoms. The Kier molecular flexibility index (Phi) is 5.87. The van der Waals surface area contributed by atoms with Crippen molar-refractivity contribution in [2.45, 2.75) is 27.3 Å². The van der Waals surface area contributed by atoms with Crippen molar-refractivity contribution in [2.24, 2.45) is 0 Å². The number of aromatic nitrogens is 1. The molecule has 2 aromatic carbocycles. The summed E-state index contributed by atoms with van der Waals surface area (Å²) in [5.41, 5.74) is 6.36. The highest BCUT2D eigenvalue weighted by molar-refractivity contribution is 5.98. The SMILES string of the molecule is CNC(=O)c1ccc(CN(C)C(=O)c2cc(C)ccc2-n2c(C)ccc2C)cc1. The molecule has 0 unspecified atom stereocenters. The minimum absolute atomic E-state index is 0.0356. The molecule has 0 aliphatic rings. The second kappa shape index (κ2) is 8.35. The molecule has 0 aliphatic heterocycles. The lowest BCUT2D eigenvalue weighted by Gasteiger charge is -2.21. The van der Waals surface area contributed by atoms with Crippen LogP contribution < -0.4 is 5.32 Å². The molecule has 0 radical (unpaired) electrons. The standard InChI is InChI=1S/C24H27N3O2/c1-16-6-13-22(27-17(2)7-8-18(27)3)21(14-16)24(29)26(5)15-19-9-11-20(12-10-19)23(28)25-4/h6-14H,15H2,1-5H3,(H,25,28). The predicted molar refractivity (Wildman–Crippen MR) is 116 cm³/mol. The third-order valence-corrected chi connectivity index (χ3v) is 5.10. The number of nitrogens with one attached hydrogen (secondary N) is 1. The number of hydrogen-bond donors (Lipinski definition) is 1. The zero-order valence-electron chi connectivity index (χ0n) is 17.6. The summed E-state index contributed by atoms with van der Waals surface area (Å²) in [5, 5.41) is 2.61. The predicted octanol–water partition coefficient (Wildman–Crippen LogP) is 4.03. The Labute approximate surface area is 172 Å². The molecule has 3 rings (SSSR count). The summed E-state index contributed by atoms with van der Waals surface area (Å²) < 4.78 is 2.11. The molecule has 5 heteroatoms. The molecule has 0 saturated heterocycles. The maximum Gasteiger partial charge on any atom is 0.256 e. The summed E-state index contributed by atoms with van der Waals surface area (Å²) in [6.07, 6.45) is 0. The van der Waals surface area contributed by atoms with Gasteiger partial charge in [-0.2, -0.15) is 0 Å². The fourth-order valence-corrected chi connectivity index (χ4v) is 3.52. The van der Waals surface area contributed by atoms with E-state index in [2.05, 4.69) is 22.0 Å². The minimum Gasteiger partial charge on any atom is -0.355 e. The zero-order chi connectivity index (χ0) is 21.1. The van der Waals surface area contributed by atoms with Crippen LogP contribution in [-0.4, -0.2) is 35.4 Å². The molecule has 0 aliphatic carbocycles. The van der Waals surface area contributed by atoms with Crippen molar-refractivity contribution in [1.82, 2.24) is 14.8 Å². The van der Waals surface area contributed by atoms with E-state index in [1.165, 1.54) is 0 Å². The summed E-state index contributed by atoms with van der Waals surface area (Å²) in [7, 11) is 3.41. The first-order valence-corrected chi connectivity index (χ1v) is 9.64. The van der Waals surface area contributed by atoms with Crippen molar-refractivity contribution >= 4 is 11.8 Å². The molecule has 0 bridgehead atoms. The fourth-order valence-electron chi connectivity index (χ4n) is 3.52. The van der Waals surface area contributed by atoms with Gasteiger partial charge in [-0.3, -0.25) is 9.59 Å². The number of carbonyl (C=O) groups excluding carboxylic acids is 2. The van der Waals surface area contributed by atoms with Gasteiger partial charge >= 0.3 is 0 Å². The average Bonchev–Trinajstić information content (AvgIpc) is 3.05. The van der Waals surface area contributed by atoms with Crippen molar-refractivity contribution in [3.63, 3.8) is 0 Å². The van der Waals surface area contributed by atoms with Gasteiger partial charge in [0.1, 0.15) is 0 Å². The lowest BCUT2D eigenvalue weighted by Crippen LogP contribution is -2.27. The van der Waals surface area contributed by atoms with Crippen molar-refractivity contribution in [3.05, 3.63) is 88.2 Å². The van der Waals surface area contributed by atoms with Gasteiger partial charge in [0.05, 0.1) is 11.3 Å². The topological polar surface area (TPSA) is 54.3 Å². The molecule has 0 spiro atoms. The van der Waals surface area contributed by atoms with Crippen LogP contribution in [0.2, 0.25) is 0 Å². The summed E-state index contributed by atoms with van der Waals surface area (Å²) in [6.45, 7) is 6.54. The van der Waals surface area contributed by atoms with Gasteiger partial charge < -0.3 is 14.8 Å². The van der Waals surface area contributed by atoms with Gasteiger partial charge in [-0.05, 0) is 62.7 Å². The number of carbonyl (C=O) groups is 2. The van der Waals surface area contributed by atoms with Gasteiger partial charge in [0.2, 0.25) is 0 Å². The molecule has 0 saturated carbocycles. The van der Waals surface area contributed by atoms with E-state index in [0.717, 1.165) is 28.2 Å². The van der Waals surface area contributed by atoms with Crippen molar-refractivity contribution in [2.75, 3.05) is 14.1 Å². The van der Waals surface area contributed by atoms with Gasteiger partial charge in [-0.15, -0.1) is 0 Å². The van der Waals surface area contributed by atoms with Crippen molar-refractivity contribution < 1.29 is 9.59 Å². The molecule has 0 fully saturated rings. The van der Waals surface area contributed by atoms with Gasteiger partial charge in [-0.1, -0.05) is 23.8 Å². The van der Waals surface area contributed by atoms with Crippen LogP contribution in [0.4, 0.5) is 0 Å². The molecule has 1 aromatic heterocycles. The number of hydrogen-bond acceptors (Lipinski definition) is 2. The maximum atomic E-state index is 13.3. The quantitative estimate of drug-likeness (QED) is 0.716. The Hall–Kier alpha value is -3.34. The van der Waals surface area contributed by atoms with Gasteiger partial charge in [0.15, 0.2) is 0 Å². The van der Waals surface area contributed by atoms with Crippen molar-refractivity contribution in [1.29, 1.82) is 0 Å². The summed E-state index contributed by atoms with van der Waals surface area (Å²) in [5.74, 6) is -0.158. The molecule has 3 aromatic rings. The van der Waals surface area contributed by atoms with Crippen LogP contribution in [0.15, 0.2) is 54.6 Å². The number of rotatable bonds is 5. The van der Waals surface area contributed by atoms with Gasteiger partial charge in [0.25, 0.3) is 11.8 Å². The van der Waals surface area contributed by atoms with Crippen LogP contribution in [0.5, 0.6) is 0 Å². The molecule has 1 N–H and O–H groups in total. The number of nitrogens with zero attached hydrogens (tertiary/aromatic N) is 2. The van der Waals surface area contributed by atoms with E-state index in [1.807, 2.05) is 51.1 Å². The Morgan fingerprint density at radius 2 is 1.55 bits per heavy atom. The zero-order valence-corrected chi connectivity index (χ0v) is 17.6. The van der Waals surface area contributed by atoms with E-state index in [-0.39, 0.29) is 11.8 Å². The third kappa shape index (κ3) is 4.24. The lowest BCUT2D eigenvalue weighted by atomic mass is 10.1. The van der Waals surface area contributed by atoms with Crippen LogP contribution in [-0.2, 0) is 6.54 Å². The highest BCUT2D eigenvalue weighted by Crippen LogP contribution is 2.23. The third-order valence-electron chi connectivity index (χ3n) is 5.10. The fraction of sp³-hybridized carbons (Fsp3) is 0.250. The first-order valence-electron chi connectivity index (χ1n) is 9.64. The maximum absolute atomic E-state index is 13.3. The minimum atomic E-state index is -0.122. The van der Waals surface area contributed by atoms with Gasteiger partial charge in [-0.25, -0.2) is 0 Å². The number of aryl methyl sites for hydroxylation is 3. The van der Waals surface area contributed by atoms with E-state index < -0.39 is 0 Å². The molecular weight excluding hydrogens is 362 g/mol. The van der Waals surface area contributed by atoms with E-state index >= 15 is 0 Å². The second-order valence-electron chi connectivity index (χ2n) is 7.41. The number of benzene rings is 2. The first-order chi connectivity index (χ1) is 13.8. The molecule has 150 valence electrons.